The second kappa shape index (κ2) is 7.75. The van der Waals surface area contributed by atoms with Crippen LogP contribution in [0.1, 0.15) is 18.1 Å². The Kier molecular flexibility index (Phi) is 5.24. The van der Waals surface area contributed by atoms with E-state index in [2.05, 4.69) is 0 Å². The summed E-state index contributed by atoms with van der Waals surface area (Å²) in [5, 5.41) is 0. The molecule has 1 aliphatic heterocycles. The lowest BCUT2D eigenvalue weighted by molar-refractivity contribution is -0.137. The minimum atomic E-state index is -0.645. The number of carbonyl (C=O) groups excluding carboxylic acids is 2. The van der Waals surface area contributed by atoms with Gasteiger partial charge in [0.1, 0.15) is 5.92 Å². The van der Waals surface area contributed by atoms with Crippen LogP contribution in [0.3, 0.4) is 0 Å². The Bertz CT molecular complexity index is 806. The Balaban J connectivity index is 1.74. The fourth-order valence-corrected chi connectivity index (χ4v) is 2.97. The SMILES string of the molecule is CC1=CN(/C=C/Cc2ccccc2)C(=O)C(Cc2ccccc2)C1=O. The molecule has 1 aliphatic rings. The summed E-state index contributed by atoms with van der Waals surface area (Å²) < 4.78 is 0. The summed E-state index contributed by atoms with van der Waals surface area (Å²) in [5.41, 5.74) is 2.79. The normalized spacial score (nSPS) is 17.9. The largest absolute Gasteiger partial charge is 0.294 e. The lowest BCUT2D eigenvalue weighted by Crippen LogP contribution is -2.39. The van der Waals surface area contributed by atoms with E-state index in [9.17, 15) is 9.59 Å². The van der Waals surface area contributed by atoms with Crippen molar-refractivity contribution in [2.75, 3.05) is 0 Å². The molecule has 0 saturated carbocycles. The molecule has 0 bridgehead atoms. The Hall–Kier alpha value is -2.94. The molecule has 25 heavy (non-hydrogen) atoms. The second-order valence-electron chi connectivity index (χ2n) is 6.24. The van der Waals surface area contributed by atoms with Gasteiger partial charge in [-0.3, -0.25) is 14.5 Å². The molecule has 3 nitrogen and oxygen atoms in total. The predicted octanol–water partition coefficient (Wildman–Crippen LogP) is 3.92. The van der Waals surface area contributed by atoms with Crippen LogP contribution in [-0.2, 0) is 22.4 Å². The Morgan fingerprint density at radius 1 is 0.920 bits per heavy atom. The maximum Gasteiger partial charge on any atom is 0.241 e. The molecule has 2 aromatic carbocycles. The van der Waals surface area contributed by atoms with Crippen LogP contribution in [0.25, 0.3) is 0 Å². The molecule has 1 heterocycles. The number of Topliss-reactive ketones (excluding diaryl/α,β-unsaturated/α-hetero) is 1. The number of hydrogen-bond donors (Lipinski definition) is 0. The van der Waals surface area contributed by atoms with E-state index < -0.39 is 5.92 Å². The van der Waals surface area contributed by atoms with E-state index in [-0.39, 0.29) is 11.7 Å². The number of ketones is 1. The molecule has 0 radical (unpaired) electrons. The van der Waals surface area contributed by atoms with Crippen LogP contribution < -0.4 is 0 Å². The zero-order valence-electron chi connectivity index (χ0n) is 14.3. The van der Waals surface area contributed by atoms with Crippen molar-refractivity contribution < 1.29 is 9.59 Å². The first kappa shape index (κ1) is 16.9. The molecule has 0 saturated heterocycles. The molecule has 3 heteroatoms. The highest BCUT2D eigenvalue weighted by molar-refractivity contribution is 6.12. The van der Waals surface area contributed by atoms with Crippen molar-refractivity contribution in [2.45, 2.75) is 19.8 Å². The van der Waals surface area contributed by atoms with Crippen molar-refractivity contribution in [1.29, 1.82) is 0 Å². The van der Waals surface area contributed by atoms with E-state index in [4.69, 9.17) is 0 Å². The summed E-state index contributed by atoms with van der Waals surface area (Å²) in [4.78, 5) is 26.7. The lowest BCUT2D eigenvalue weighted by Gasteiger charge is -2.26. The summed E-state index contributed by atoms with van der Waals surface area (Å²) in [5.74, 6) is -0.890. The number of benzene rings is 2. The molecule has 0 aliphatic carbocycles. The Morgan fingerprint density at radius 3 is 2.16 bits per heavy atom. The highest BCUT2D eigenvalue weighted by atomic mass is 16.2. The molecule has 2 aromatic rings. The molecule has 0 aromatic heterocycles. The van der Waals surface area contributed by atoms with E-state index >= 15 is 0 Å². The summed E-state index contributed by atoms with van der Waals surface area (Å²) >= 11 is 0. The number of nitrogens with zero attached hydrogens (tertiary/aromatic N) is 1. The molecule has 0 N–H and O–H groups in total. The summed E-state index contributed by atoms with van der Waals surface area (Å²) in [6, 6.07) is 19.7. The average Bonchev–Trinajstić information content (AvgIpc) is 2.65. The zero-order chi connectivity index (χ0) is 17.6. The van der Waals surface area contributed by atoms with E-state index in [0.29, 0.717) is 12.0 Å². The van der Waals surface area contributed by atoms with Gasteiger partial charge in [-0.05, 0) is 30.9 Å². The first-order chi connectivity index (χ1) is 12.1. The number of rotatable bonds is 5. The van der Waals surface area contributed by atoms with Gasteiger partial charge in [0.15, 0.2) is 5.78 Å². The van der Waals surface area contributed by atoms with E-state index in [0.717, 1.165) is 12.0 Å². The number of hydrogen-bond acceptors (Lipinski definition) is 2. The minimum absolute atomic E-state index is 0.0819. The fraction of sp³-hybridized carbons (Fsp3) is 0.182. The lowest BCUT2D eigenvalue weighted by atomic mass is 9.88. The molecule has 1 atom stereocenters. The minimum Gasteiger partial charge on any atom is -0.294 e. The van der Waals surface area contributed by atoms with Crippen LogP contribution in [-0.4, -0.2) is 16.6 Å². The third-order valence-electron chi connectivity index (χ3n) is 4.34. The van der Waals surface area contributed by atoms with Crippen LogP contribution in [0.5, 0.6) is 0 Å². The van der Waals surface area contributed by atoms with Crippen molar-refractivity contribution in [1.82, 2.24) is 4.90 Å². The zero-order valence-corrected chi connectivity index (χ0v) is 14.3. The molecular formula is C22H21NO2. The summed E-state index contributed by atoms with van der Waals surface area (Å²) in [7, 11) is 0. The van der Waals surface area contributed by atoms with Gasteiger partial charge in [-0.15, -0.1) is 0 Å². The Morgan fingerprint density at radius 2 is 1.52 bits per heavy atom. The molecule has 0 spiro atoms. The molecule has 126 valence electrons. The van der Waals surface area contributed by atoms with Gasteiger partial charge in [0.25, 0.3) is 0 Å². The van der Waals surface area contributed by atoms with Gasteiger partial charge >= 0.3 is 0 Å². The van der Waals surface area contributed by atoms with E-state index in [1.807, 2.05) is 66.7 Å². The van der Waals surface area contributed by atoms with Crippen molar-refractivity contribution >= 4 is 11.7 Å². The monoisotopic (exact) mass is 331 g/mol. The smallest absolute Gasteiger partial charge is 0.241 e. The van der Waals surface area contributed by atoms with Gasteiger partial charge in [0.2, 0.25) is 5.91 Å². The fourth-order valence-electron chi connectivity index (χ4n) is 2.97. The maximum atomic E-state index is 12.7. The first-order valence-electron chi connectivity index (χ1n) is 8.44. The van der Waals surface area contributed by atoms with Crippen molar-refractivity contribution in [3.8, 4) is 0 Å². The topological polar surface area (TPSA) is 37.4 Å². The molecular weight excluding hydrogens is 310 g/mol. The Labute approximate surface area is 148 Å². The van der Waals surface area contributed by atoms with Crippen LogP contribution in [0.4, 0.5) is 0 Å². The van der Waals surface area contributed by atoms with Crippen LogP contribution in [0, 0.1) is 5.92 Å². The molecule has 1 unspecified atom stereocenters. The van der Waals surface area contributed by atoms with E-state index in [1.165, 1.54) is 5.56 Å². The van der Waals surface area contributed by atoms with Crippen LogP contribution in [0.15, 0.2) is 84.7 Å². The highest BCUT2D eigenvalue weighted by Crippen LogP contribution is 2.22. The molecule has 1 amide bonds. The first-order valence-corrected chi connectivity index (χ1v) is 8.44. The quantitative estimate of drug-likeness (QED) is 0.779. The highest BCUT2D eigenvalue weighted by Gasteiger charge is 2.34. The average molecular weight is 331 g/mol. The van der Waals surface area contributed by atoms with Crippen LogP contribution in [0.2, 0.25) is 0 Å². The third kappa shape index (κ3) is 4.13. The standard InChI is InChI=1S/C22H21NO2/c1-17-16-23(14-8-13-18-9-4-2-5-10-18)22(25)20(21(17)24)15-19-11-6-3-7-12-19/h2-12,14,16,20H,13,15H2,1H3/b14-8+. The van der Waals surface area contributed by atoms with Gasteiger partial charge in [-0.1, -0.05) is 66.7 Å². The number of amides is 1. The predicted molar refractivity (Wildman–Crippen MR) is 98.5 cm³/mol. The van der Waals surface area contributed by atoms with Crippen molar-refractivity contribution in [3.05, 3.63) is 95.8 Å². The van der Waals surface area contributed by atoms with Crippen molar-refractivity contribution in [3.63, 3.8) is 0 Å². The van der Waals surface area contributed by atoms with Gasteiger partial charge in [-0.2, -0.15) is 0 Å². The van der Waals surface area contributed by atoms with Crippen LogP contribution >= 0.6 is 0 Å². The summed E-state index contributed by atoms with van der Waals surface area (Å²) in [6.07, 6.45) is 6.53. The summed E-state index contributed by atoms with van der Waals surface area (Å²) in [6.45, 7) is 1.77. The third-order valence-corrected chi connectivity index (χ3v) is 4.34. The molecule has 3 rings (SSSR count). The second-order valence-corrected chi connectivity index (χ2v) is 6.24. The number of carbonyl (C=O) groups is 2. The number of allylic oxidation sites excluding steroid dienone is 2. The van der Waals surface area contributed by atoms with Gasteiger partial charge in [0.05, 0.1) is 0 Å². The molecule has 0 fully saturated rings. The van der Waals surface area contributed by atoms with Crippen molar-refractivity contribution in [2.24, 2.45) is 5.92 Å². The van der Waals surface area contributed by atoms with Gasteiger partial charge < -0.3 is 0 Å². The maximum absolute atomic E-state index is 12.7. The van der Waals surface area contributed by atoms with E-state index in [1.54, 1.807) is 24.2 Å². The van der Waals surface area contributed by atoms with Gasteiger partial charge in [-0.25, -0.2) is 0 Å². The van der Waals surface area contributed by atoms with Gasteiger partial charge in [0, 0.05) is 18.0 Å².